The summed E-state index contributed by atoms with van der Waals surface area (Å²) in [7, 11) is 6.50. The van der Waals surface area contributed by atoms with E-state index < -0.39 is 45.5 Å². The first kappa shape index (κ1) is 25.5. The van der Waals surface area contributed by atoms with E-state index in [0.717, 1.165) is 17.0 Å². The first-order chi connectivity index (χ1) is 16.9. The highest BCUT2D eigenvalue weighted by Gasteiger charge is 2.54. The van der Waals surface area contributed by atoms with E-state index in [0.29, 0.717) is 24.8 Å². The number of hydrogen-bond acceptors (Lipinski definition) is 7. The Hall–Kier alpha value is -3.57. The third kappa shape index (κ3) is 4.07. The largest absolute Gasteiger partial charge is 0.493 e. The van der Waals surface area contributed by atoms with Gasteiger partial charge in [0.15, 0.2) is 11.5 Å². The van der Waals surface area contributed by atoms with Crippen molar-refractivity contribution in [2.45, 2.75) is 18.3 Å². The minimum Gasteiger partial charge on any atom is -0.493 e. The van der Waals surface area contributed by atoms with Crippen LogP contribution in [0, 0.1) is 0 Å². The van der Waals surface area contributed by atoms with Crippen molar-refractivity contribution < 1.29 is 37.0 Å². The zero-order valence-electron chi connectivity index (χ0n) is 20.1. The van der Waals surface area contributed by atoms with Gasteiger partial charge in [0.1, 0.15) is 11.1 Å². The molecule has 0 spiro atoms. The van der Waals surface area contributed by atoms with E-state index in [9.17, 15) is 27.9 Å². The van der Waals surface area contributed by atoms with Gasteiger partial charge in [-0.25, -0.2) is 0 Å². The lowest BCUT2D eigenvalue weighted by Gasteiger charge is -2.34. The molecule has 1 unspecified atom stereocenters. The molecule has 1 aromatic heterocycles. The maximum atomic E-state index is 13.6. The molecule has 0 saturated carbocycles. The van der Waals surface area contributed by atoms with Crippen LogP contribution in [0.1, 0.15) is 33.7 Å². The number of amides is 1. The second kappa shape index (κ2) is 9.14. The first-order valence-electron chi connectivity index (χ1n) is 11.0. The molecule has 1 N–H and O–H groups in total. The fourth-order valence-corrected chi connectivity index (χ4v) is 4.40. The van der Waals surface area contributed by atoms with Crippen molar-refractivity contribution in [3.63, 3.8) is 0 Å². The molecule has 8 nitrogen and oxygen atoms in total. The van der Waals surface area contributed by atoms with E-state index in [4.69, 9.17) is 13.9 Å². The molecule has 1 aliphatic heterocycles. The monoisotopic (exact) mass is 506 g/mol. The fourth-order valence-electron chi connectivity index (χ4n) is 4.40. The number of nitrogens with zero attached hydrogens (tertiary/aromatic N) is 2. The predicted octanol–water partition coefficient (Wildman–Crippen LogP) is 3.43. The van der Waals surface area contributed by atoms with Gasteiger partial charge in [0, 0.05) is 12.1 Å². The average Bonchev–Trinajstić information content (AvgIpc) is 3.05. The number of halogens is 3. The topological polar surface area (TPSA) is 92.5 Å². The molecule has 0 radical (unpaired) electrons. The van der Waals surface area contributed by atoms with E-state index in [1.54, 1.807) is 0 Å². The zero-order chi connectivity index (χ0) is 26.4. The van der Waals surface area contributed by atoms with Crippen molar-refractivity contribution >= 4 is 16.9 Å². The predicted molar refractivity (Wildman–Crippen MR) is 124 cm³/mol. The summed E-state index contributed by atoms with van der Waals surface area (Å²) in [6.45, 7) is 0.607. The molecule has 11 heteroatoms. The van der Waals surface area contributed by atoms with Crippen molar-refractivity contribution in [1.82, 2.24) is 9.80 Å². The Labute approximate surface area is 204 Å². The number of carbonyl (C=O) groups is 1. The number of alkyl halides is 3. The lowest BCUT2D eigenvalue weighted by Crippen LogP contribution is -2.47. The normalized spacial score (nSPS) is 17.7. The van der Waals surface area contributed by atoms with E-state index in [1.165, 1.54) is 32.4 Å². The Morgan fingerprint density at radius 2 is 1.75 bits per heavy atom. The molecule has 192 valence electrons. The van der Waals surface area contributed by atoms with Crippen LogP contribution in [0.3, 0.4) is 0 Å². The van der Waals surface area contributed by atoms with Gasteiger partial charge in [0.25, 0.3) is 5.91 Å². The van der Waals surface area contributed by atoms with Crippen molar-refractivity contribution in [1.29, 1.82) is 0 Å². The number of hydrogen-bond donors (Lipinski definition) is 1. The Bertz CT molecular complexity index is 1380. The Morgan fingerprint density at radius 1 is 1.06 bits per heavy atom. The number of rotatable bonds is 7. The van der Waals surface area contributed by atoms with Crippen molar-refractivity contribution in [3.8, 4) is 11.5 Å². The highest BCUT2D eigenvalue weighted by molar-refractivity contribution is 5.99. The number of benzene rings is 2. The van der Waals surface area contributed by atoms with Gasteiger partial charge in [-0.15, -0.1) is 0 Å². The quantitative estimate of drug-likeness (QED) is 0.525. The van der Waals surface area contributed by atoms with Gasteiger partial charge in [-0.1, -0.05) is 0 Å². The summed E-state index contributed by atoms with van der Waals surface area (Å²) >= 11 is 0. The van der Waals surface area contributed by atoms with Crippen LogP contribution in [0.4, 0.5) is 13.2 Å². The summed E-state index contributed by atoms with van der Waals surface area (Å²) in [5.41, 5.74) is -4.85. The highest BCUT2D eigenvalue weighted by Crippen LogP contribution is 2.44. The van der Waals surface area contributed by atoms with Crippen LogP contribution in [0.25, 0.3) is 11.0 Å². The third-order valence-electron chi connectivity index (χ3n) is 6.17. The van der Waals surface area contributed by atoms with Gasteiger partial charge < -0.3 is 23.9 Å². The molecular weight excluding hydrogens is 481 g/mol. The first-order valence-corrected chi connectivity index (χ1v) is 11.0. The van der Waals surface area contributed by atoms with Gasteiger partial charge in [-0.05, 0) is 63.5 Å². The van der Waals surface area contributed by atoms with Crippen LogP contribution >= 0.6 is 0 Å². The van der Waals surface area contributed by atoms with Crippen LogP contribution in [-0.4, -0.2) is 62.2 Å². The van der Waals surface area contributed by atoms with E-state index >= 15 is 0 Å². The maximum absolute atomic E-state index is 13.6. The molecule has 2 aromatic carbocycles. The van der Waals surface area contributed by atoms with Gasteiger partial charge in [-0.2, -0.15) is 13.2 Å². The molecule has 0 saturated heterocycles. The molecule has 1 atom stereocenters. The maximum Gasteiger partial charge on any atom is 0.416 e. The third-order valence-corrected chi connectivity index (χ3v) is 6.17. The minimum atomic E-state index is -4.70. The second-order valence-corrected chi connectivity index (χ2v) is 8.70. The van der Waals surface area contributed by atoms with E-state index in [1.807, 2.05) is 19.0 Å². The van der Waals surface area contributed by atoms with Crippen molar-refractivity contribution in [2.75, 3.05) is 41.4 Å². The van der Waals surface area contributed by atoms with Crippen molar-refractivity contribution in [2.24, 2.45) is 0 Å². The summed E-state index contributed by atoms with van der Waals surface area (Å²) in [4.78, 5) is 30.0. The summed E-state index contributed by atoms with van der Waals surface area (Å²) in [5.74, 6) is -0.606. The molecule has 0 aliphatic carbocycles. The number of ether oxygens (including phenoxy) is 2. The van der Waals surface area contributed by atoms with E-state index in [2.05, 4.69) is 0 Å². The molecule has 4 rings (SSSR count). The van der Waals surface area contributed by atoms with Crippen LogP contribution in [-0.2, 0) is 11.9 Å². The summed E-state index contributed by atoms with van der Waals surface area (Å²) in [6.07, 6.45) is -4.26. The number of carbonyl (C=O) groups excluding carboxylic acids is 1. The summed E-state index contributed by atoms with van der Waals surface area (Å²) < 4.78 is 56.3. The number of aliphatic hydroxyl groups is 1. The molecule has 2 heterocycles. The molecule has 1 aliphatic rings. The lowest BCUT2D eigenvalue weighted by atomic mass is 9.93. The lowest BCUT2D eigenvalue weighted by molar-refractivity contribution is -0.137. The second-order valence-electron chi connectivity index (χ2n) is 8.70. The molecule has 3 aromatic rings. The van der Waals surface area contributed by atoms with Crippen LogP contribution < -0.4 is 14.9 Å². The van der Waals surface area contributed by atoms with Gasteiger partial charge >= 0.3 is 6.18 Å². The van der Waals surface area contributed by atoms with Crippen molar-refractivity contribution in [3.05, 3.63) is 69.1 Å². The standard InChI is InChI=1S/C25H25F3N2O6/c1-29(2)10-5-11-30-23(32)22-20(24(30,33)14-6-9-18(34-3)19(13-14)35-4)21(31)16-12-15(25(26,27)28)7-8-17(16)36-22/h6-9,12-13,33H,5,10-11H2,1-4H3. The molecule has 36 heavy (non-hydrogen) atoms. The van der Waals surface area contributed by atoms with Gasteiger partial charge in [-0.3, -0.25) is 14.5 Å². The summed E-state index contributed by atoms with van der Waals surface area (Å²) in [5, 5.41) is 11.7. The van der Waals surface area contributed by atoms with Crippen LogP contribution in [0.5, 0.6) is 11.5 Å². The highest BCUT2D eigenvalue weighted by atomic mass is 19.4. The smallest absolute Gasteiger partial charge is 0.416 e. The molecule has 0 fully saturated rings. The van der Waals surface area contributed by atoms with Crippen LogP contribution in [0.2, 0.25) is 0 Å². The minimum absolute atomic E-state index is 0.0373. The Balaban J connectivity index is 1.99. The summed E-state index contributed by atoms with van der Waals surface area (Å²) in [6, 6.07) is 6.80. The Morgan fingerprint density at radius 3 is 2.36 bits per heavy atom. The number of fused-ring (bicyclic) bond motifs is 2. The van der Waals surface area contributed by atoms with Gasteiger partial charge in [0.2, 0.25) is 16.9 Å². The van der Waals surface area contributed by atoms with E-state index in [-0.39, 0.29) is 23.4 Å². The SMILES string of the molecule is COc1ccc(C2(O)c3c(oc4ccc(C(F)(F)F)cc4c3=O)C(=O)N2CCCN(C)C)cc1OC. The zero-order valence-corrected chi connectivity index (χ0v) is 20.1. The Kier molecular flexibility index (Phi) is 6.48. The molecular formula is C25H25F3N2O6. The molecule has 0 bridgehead atoms. The molecule has 1 amide bonds. The average molecular weight is 506 g/mol. The van der Waals surface area contributed by atoms with Crippen LogP contribution in [0.15, 0.2) is 45.6 Å². The van der Waals surface area contributed by atoms with Gasteiger partial charge in [0.05, 0.1) is 25.2 Å². The number of methoxy groups -OCH3 is 2. The fraction of sp³-hybridized carbons (Fsp3) is 0.360.